The molecule has 0 radical (unpaired) electrons. The number of methoxy groups -OCH3 is 1. The molecule has 1 aromatic carbocycles. The van der Waals surface area contributed by atoms with E-state index in [0.29, 0.717) is 18.9 Å². The maximum atomic E-state index is 11.3. The van der Waals surface area contributed by atoms with Gasteiger partial charge in [-0.1, -0.05) is 18.2 Å². The molecule has 1 aromatic rings. The van der Waals surface area contributed by atoms with Gasteiger partial charge in [0.2, 0.25) is 0 Å². The summed E-state index contributed by atoms with van der Waals surface area (Å²) in [6, 6.07) is 7.93. The average Bonchev–Trinajstić information content (AvgIpc) is 2.53. The summed E-state index contributed by atoms with van der Waals surface area (Å²) >= 11 is 0. The minimum absolute atomic E-state index is 0.0313. The van der Waals surface area contributed by atoms with E-state index in [-0.39, 0.29) is 11.8 Å². The van der Waals surface area contributed by atoms with E-state index in [1.807, 2.05) is 38.1 Å². The fourth-order valence-electron chi connectivity index (χ4n) is 2.21. The van der Waals surface area contributed by atoms with Crippen LogP contribution < -0.4 is 15.4 Å². The Kier molecular flexibility index (Phi) is 8.60. The molecule has 0 aliphatic heterocycles. The number of guanidine groups is 1. The third-order valence-electron chi connectivity index (χ3n) is 3.49. The monoisotopic (exact) mass is 355 g/mol. The van der Waals surface area contributed by atoms with Crippen molar-refractivity contribution in [1.29, 1.82) is 0 Å². The molecule has 6 nitrogen and oxygen atoms in total. The largest absolute Gasteiger partial charge is 0.496 e. The number of sulfone groups is 1. The van der Waals surface area contributed by atoms with Crippen LogP contribution in [0.3, 0.4) is 0 Å². The maximum Gasteiger partial charge on any atom is 0.191 e. The molecule has 0 spiro atoms. The van der Waals surface area contributed by atoms with Gasteiger partial charge in [0.15, 0.2) is 5.96 Å². The minimum Gasteiger partial charge on any atom is -0.496 e. The van der Waals surface area contributed by atoms with Crippen molar-refractivity contribution in [3.05, 3.63) is 29.8 Å². The number of nitrogens with one attached hydrogen (secondary N) is 2. The van der Waals surface area contributed by atoms with Gasteiger partial charge in [-0.05, 0) is 38.3 Å². The number of rotatable bonds is 9. The van der Waals surface area contributed by atoms with Crippen LogP contribution >= 0.6 is 0 Å². The highest BCUT2D eigenvalue weighted by Crippen LogP contribution is 2.17. The highest BCUT2D eigenvalue weighted by Gasteiger charge is 2.09. The Morgan fingerprint density at radius 1 is 1.33 bits per heavy atom. The zero-order valence-electron chi connectivity index (χ0n) is 15.0. The van der Waals surface area contributed by atoms with Crippen molar-refractivity contribution in [2.24, 2.45) is 4.99 Å². The maximum absolute atomic E-state index is 11.3. The third kappa shape index (κ3) is 8.19. The second-order valence-corrected chi connectivity index (χ2v) is 8.05. The topological polar surface area (TPSA) is 79.8 Å². The van der Waals surface area contributed by atoms with Crippen LogP contribution in [0.4, 0.5) is 0 Å². The van der Waals surface area contributed by atoms with Gasteiger partial charge in [-0.25, -0.2) is 8.42 Å². The summed E-state index contributed by atoms with van der Waals surface area (Å²) in [5.41, 5.74) is 1.12. The number of ether oxygens (including phenoxy) is 1. The predicted octanol–water partition coefficient (Wildman–Crippen LogP) is 1.62. The van der Waals surface area contributed by atoms with Gasteiger partial charge >= 0.3 is 0 Å². The molecule has 0 aliphatic rings. The van der Waals surface area contributed by atoms with E-state index in [1.165, 1.54) is 6.26 Å². The van der Waals surface area contributed by atoms with Gasteiger partial charge in [0.05, 0.1) is 12.9 Å². The second-order valence-electron chi connectivity index (χ2n) is 5.79. The normalized spacial score (nSPS) is 13.4. The van der Waals surface area contributed by atoms with Crippen molar-refractivity contribution in [2.75, 3.05) is 32.2 Å². The number of aliphatic imine (C=N–C) groups is 1. The zero-order chi connectivity index (χ0) is 18.0. The lowest BCUT2D eigenvalue weighted by atomic mass is 10.1. The Bertz CT molecular complexity index is 630. The molecular formula is C17H29N3O3S. The molecule has 0 heterocycles. The summed E-state index contributed by atoms with van der Waals surface area (Å²) in [6.45, 7) is 5.32. The zero-order valence-corrected chi connectivity index (χ0v) is 15.8. The molecule has 1 atom stereocenters. The lowest BCUT2D eigenvalue weighted by Gasteiger charge is -2.17. The van der Waals surface area contributed by atoms with Gasteiger partial charge in [0, 0.05) is 25.4 Å². The summed E-state index contributed by atoms with van der Waals surface area (Å²) < 4.78 is 27.8. The number of hydrogen-bond acceptors (Lipinski definition) is 4. The van der Waals surface area contributed by atoms with Crippen LogP contribution in [0.15, 0.2) is 29.3 Å². The van der Waals surface area contributed by atoms with Crippen LogP contribution in [0.5, 0.6) is 5.75 Å². The van der Waals surface area contributed by atoms with Crippen molar-refractivity contribution in [3.8, 4) is 5.75 Å². The molecule has 0 aromatic heterocycles. The molecular weight excluding hydrogens is 326 g/mol. The highest BCUT2D eigenvalue weighted by molar-refractivity contribution is 7.90. The summed E-state index contributed by atoms with van der Waals surface area (Å²) in [5, 5.41) is 6.43. The van der Waals surface area contributed by atoms with Crippen LogP contribution in [0, 0.1) is 0 Å². The second kappa shape index (κ2) is 10.2. The van der Waals surface area contributed by atoms with Crippen LogP contribution in [0.1, 0.15) is 25.8 Å². The van der Waals surface area contributed by atoms with Gasteiger partial charge < -0.3 is 15.4 Å². The summed E-state index contributed by atoms with van der Waals surface area (Å²) in [5.74, 6) is 1.74. The lowest BCUT2D eigenvalue weighted by Crippen LogP contribution is -2.43. The van der Waals surface area contributed by atoms with Crippen LogP contribution in [0.25, 0.3) is 0 Å². The van der Waals surface area contributed by atoms with Crippen molar-refractivity contribution in [2.45, 2.75) is 32.7 Å². The van der Waals surface area contributed by atoms with E-state index < -0.39 is 9.84 Å². The van der Waals surface area contributed by atoms with Crippen molar-refractivity contribution in [3.63, 3.8) is 0 Å². The van der Waals surface area contributed by atoms with Gasteiger partial charge in [-0.2, -0.15) is 0 Å². The van der Waals surface area contributed by atoms with Crippen LogP contribution in [-0.4, -0.2) is 52.6 Å². The minimum atomic E-state index is -2.94. The first-order chi connectivity index (χ1) is 11.4. The molecule has 136 valence electrons. The van der Waals surface area contributed by atoms with Crippen molar-refractivity contribution < 1.29 is 13.2 Å². The summed E-state index contributed by atoms with van der Waals surface area (Å²) in [7, 11) is -1.28. The third-order valence-corrected chi connectivity index (χ3v) is 4.47. The molecule has 0 saturated carbocycles. The average molecular weight is 356 g/mol. The van der Waals surface area contributed by atoms with E-state index in [2.05, 4.69) is 15.6 Å². The number of para-hydroxylation sites is 1. The van der Waals surface area contributed by atoms with E-state index in [0.717, 1.165) is 24.3 Å². The highest BCUT2D eigenvalue weighted by atomic mass is 32.2. The molecule has 0 amide bonds. The Morgan fingerprint density at radius 2 is 2.04 bits per heavy atom. The first-order valence-corrected chi connectivity index (χ1v) is 10.3. The molecule has 7 heteroatoms. The van der Waals surface area contributed by atoms with Gasteiger partial charge in [-0.3, -0.25) is 4.99 Å². The Morgan fingerprint density at radius 3 is 2.67 bits per heavy atom. The van der Waals surface area contributed by atoms with E-state index >= 15 is 0 Å². The quantitative estimate of drug-likeness (QED) is 0.520. The van der Waals surface area contributed by atoms with Crippen LogP contribution in [-0.2, 0) is 16.3 Å². The van der Waals surface area contributed by atoms with Crippen LogP contribution in [0.2, 0.25) is 0 Å². The van der Waals surface area contributed by atoms with E-state index in [1.54, 1.807) is 7.11 Å². The number of hydrogen-bond donors (Lipinski definition) is 2. The van der Waals surface area contributed by atoms with E-state index in [4.69, 9.17) is 4.74 Å². The first kappa shape index (κ1) is 20.3. The van der Waals surface area contributed by atoms with E-state index in [9.17, 15) is 8.42 Å². The smallest absolute Gasteiger partial charge is 0.191 e. The van der Waals surface area contributed by atoms with Crippen molar-refractivity contribution >= 4 is 15.8 Å². The Hall–Kier alpha value is -1.76. The van der Waals surface area contributed by atoms with Gasteiger partial charge in [-0.15, -0.1) is 0 Å². The first-order valence-electron chi connectivity index (χ1n) is 8.20. The fourth-order valence-corrected chi connectivity index (χ4v) is 3.00. The number of benzene rings is 1. The number of nitrogens with zero attached hydrogens (tertiary/aromatic N) is 1. The molecule has 1 rings (SSSR count). The molecule has 1 unspecified atom stereocenters. The van der Waals surface area contributed by atoms with Gasteiger partial charge in [0.1, 0.15) is 15.6 Å². The molecule has 0 fully saturated rings. The Labute approximate surface area is 145 Å². The molecule has 24 heavy (non-hydrogen) atoms. The standard InChI is InChI=1S/C17H29N3O3S/c1-5-18-17(20-14(2)11-13-24(4,21)22)19-12-10-15-8-6-7-9-16(15)23-3/h6-9,14H,5,10-13H2,1-4H3,(H2,18,19,20). The predicted molar refractivity (Wildman–Crippen MR) is 99.6 cm³/mol. The molecule has 2 N–H and O–H groups in total. The summed E-state index contributed by atoms with van der Waals surface area (Å²) in [6.07, 6.45) is 2.58. The lowest BCUT2D eigenvalue weighted by molar-refractivity contribution is 0.410. The SMILES string of the molecule is CCNC(=NCCc1ccccc1OC)NC(C)CCS(C)(=O)=O. The fraction of sp³-hybridized carbons (Fsp3) is 0.588. The van der Waals surface area contributed by atoms with Gasteiger partial charge in [0.25, 0.3) is 0 Å². The Balaban J connectivity index is 2.58. The summed E-state index contributed by atoms with van der Waals surface area (Å²) in [4.78, 5) is 4.56. The molecule has 0 bridgehead atoms. The molecule has 0 saturated heterocycles. The van der Waals surface area contributed by atoms with Crippen molar-refractivity contribution in [1.82, 2.24) is 10.6 Å². The molecule has 0 aliphatic carbocycles.